The molecular weight excluding hydrogens is 488 g/mol. The Morgan fingerprint density at radius 1 is 0.692 bits per heavy atom. The van der Waals surface area contributed by atoms with Gasteiger partial charge in [-0.3, -0.25) is 14.6 Å². The van der Waals surface area contributed by atoms with Crippen LogP contribution in [0.5, 0.6) is 11.5 Å². The number of benzene rings is 3. The monoisotopic (exact) mass is 524 g/mol. The molecule has 6 nitrogen and oxygen atoms in total. The highest BCUT2D eigenvalue weighted by molar-refractivity contribution is 6.19. The van der Waals surface area contributed by atoms with Crippen molar-refractivity contribution in [1.29, 1.82) is 0 Å². The molecule has 0 unspecified atom stereocenters. The van der Waals surface area contributed by atoms with E-state index < -0.39 is 0 Å². The Morgan fingerprint density at radius 2 is 1.23 bits per heavy atom. The highest BCUT2D eigenvalue weighted by Gasteiger charge is 2.23. The van der Waals surface area contributed by atoms with E-state index in [2.05, 4.69) is 9.80 Å². The molecule has 2 aliphatic rings. The number of para-hydroxylation sites is 1. The van der Waals surface area contributed by atoms with Gasteiger partial charge in [-0.15, -0.1) is 0 Å². The van der Waals surface area contributed by atoms with E-state index in [1.807, 2.05) is 72.8 Å². The van der Waals surface area contributed by atoms with E-state index in [4.69, 9.17) is 13.9 Å². The van der Waals surface area contributed by atoms with Crippen LogP contribution in [0.4, 0.5) is 0 Å². The molecule has 0 aliphatic carbocycles. The van der Waals surface area contributed by atoms with Gasteiger partial charge in [0, 0.05) is 29.6 Å². The Morgan fingerprint density at radius 3 is 1.82 bits per heavy atom. The molecule has 39 heavy (non-hydrogen) atoms. The van der Waals surface area contributed by atoms with Gasteiger partial charge in [0.1, 0.15) is 36.1 Å². The average Bonchev–Trinajstić information content (AvgIpc) is 3.75. The molecule has 0 saturated carbocycles. The van der Waals surface area contributed by atoms with Crippen LogP contribution in [0.15, 0.2) is 77.2 Å². The molecule has 4 aromatic rings. The number of nitrogens with zero attached hydrogens (tertiary/aromatic N) is 2. The molecule has 3 aromatic carbocycles. The maximum atomic E-state index is 13.8. The minimum Gasteiger partial charge on any atom is -0.492 e. The van der Waals surface area contributed by atoms with Gasteiger partial charge in [0.2, 0.25) is 0 Å². The SMILES string of the molecule is O=C(c1ccc(OCCN2CCCC2)cc1)c1c(-c2ccc(OCCN3CCCC3)cc2)oc2ccccc12. The van der Waals surface area contributed by atoms with E-state index in [0.29, 0.717) is 35.7 Å². The molecule has 6 heteroatoms. The van der Waals surface area contributed by atoms with Gasteiger partial charge in [-0.1, -0.05) is 18.2 Å². The Labute approximate surface area is 230 Å². The zero-order valence-corrected chi connectivity index (χ0v) is 22.4. The van der Waals surface area contributed by atoms with E-state index in [1.165, 1.54) is 38.8 Å². The van der Waals surface area contributed by atoms with Crippen LogP contribution in [0.3, 0.4) is 0 Å². The van der Waals surface area contributed by atoms with E-state index in [1.54, 1.807) is 0 Å². The molecule has 0 amide bonds. The molecule has 0 atom stereocenters. The van der Waals surface area contributed by atoms with Crippen LogP contribution < -0.4 is 9.47 Å². The lowest BCUT2D eigenvalue weighted by Gasteiger charge is -2.15. The zero-order chi connectivity index (χ0) is 26.4. The van der Waals surface area contributed by atoms with Crippen molar-refractivity contribution in [3.63, 3.8) is 0 Å². The Hall–Kier alpha value is -3.61. The average molecular weight is 525 g/mol. The third kappa shape index (κ3) is 6.02. The van der Waals surface area contributed by atoms with Crippen molar-refractivity contribution in [1.82, 2.24) is 9.80 Å². The molecule has 202 valence electrons. The smallest absolute Gasteiger partial charge is 0.197 e. The van der Waals surface area contributed by atoms with Crippen molar-refractivity contribution in [3.8, 4) is 22.8 Å². The maximum absolute atomic E-state index is 13.8. The predicted octanol–water partition coefficient (Wildman–Crippen LogP) is 6.28. The van der Waals surface area contributed by atoms with Crippen molar-refractivity contribution in [2.45, 2.75) is 25.7 Å². The lowest BCUT2D eigenvalue weighted by Crippen LogP contribution is -2.25. The number of hydrogen-bond acceptors (Lipinski definition) is 6. The van der Waals surface area contributed by atoms with Gasteiger partial charge in [-0.2, -0.15) is 0 Å². The molecule has 1 aromatic heterocycles. The molecule has 0 spiro atoms. The van der Waals surface area contributed by atoms with Gasteiger partial charge in [0.05, 0.1) is 5.56 Å². The fourth-order valence-electron chi connectivity index (χ4n) is 5.62. The predicted molar refractivity (Wildman–Crippen MR) is 154 cm³/mol. The molecule has 0 N–H and O–H groups in total. The van der Waals surface area contributed by atoms with E-state index in [0.717, 1.165) is 48.6 Å². The van der Waals surface area contributed by atoms with Crippen LogP contribution >= 0.6 is 0 Å². The van der Waals surface area contributed by atoms with E-state index >= 15 is 0 Å². The fraction of sp³-hybridized carbons (Fsp3) is 0.364. The van der Waals surface area contributed by atoms with Crippen molar-refractivity contribution in [2.24, 2.45) is 0 Å². The summed E-state index contributed by atoms with van der Waals surface area (Å²) in [6.07, 6.45) is 5.12. The molecule has 0 radical (unpaired) electrons. The van der Waals surface area contributed by atoms with Gasteiger partial charge < -0.3 is 13.9 Å². The minimum atomic E-state index is -0.0653. The number of fused-ring (bicyclic) bond motifs is 1. The van der Waals surface area contributed by atoms with Crippen molar-refractivity contribution >= 4 is 16.8 Å². The molecule has 2 aliphatic heterocycles. The van der Waals surface area contributed by atoms with Crippen LogP contribution in [0.2, 0.25) is 0 Å². The minimum absolute atomic E-state index is 0.0653. The lowest BCUT2D eigenvalue weighted by atomic mass is 9.97. The summed E-state index contributed by atoms with van der Waals surface area (Å²) in [6, 6.07) is 23.0. The molecule has 3 heterocycles. The van der Waals surface area contributed by atoms with Gasteiger partial charge in [-0.05, 0) is 106 Å². The number of ketones is 1. The first-order valence-electron chi connectivity index (χ1n) is 14.2. The highest BCUT2D eigenvalue weighted by Crippen LogP contribution is 2.36. The number of hydrogen-bond donors (Lipinski definition) is 0. The quantitative estimate of drug-likeness (QED) is 0.215. The van der Waals surface area contributed by atoms with Gasteiger partial charge in [0.25, 0.3) is 0 Å². The number of ether oxygens (including phenoxy) is 2. The maximum Gasteiger partial charge on any atom is 0.197 e. The summed E-state index contributed by atoms with van der Waals surface area (Å²) in [5, 5.41) is 0.814. The highest BCUT2D eigenvalue weighted by atomic mass is 16.5. The number of carbonyl (C=O) groups excluding carboxylic acids is 1. The third-order valence-electron chi connectivity index (χ3n) is 7.81. The molecular formula is C33H36N2O4. The topological polar surface area (TPSA) is 55.1 Å². The van der Waals surface area contributed by atoms with Crippen molar-refractivity contribution in [3.05, 3.63) is 83.9 Å². The molecule has 2 fully saturated rings. The summed E-state index contributed by atoms with van der Waals surface area (Å²) < 4.78 is 18.2. The van der Waals surface area contributed by atoms with E-state index in [9.17, 15) is 4.79 Å². The largest absolute Gasteiger partial charge is 0.492 e. The van der Waals surface area contributed by atoms with Crippen LogP contribution in [-0.4, -0.2) is 68.1 Å². The Kier molecular flexibility index (Phi) is 7.93. The van der Waals surface area contributed by atoms with Gasteiger partial charge in [0.15, 0.2) is 5.78 Å². The molecule has 2 saturated heterocycles. The second kappa shape index (κ2) is 12.1. The van der Waals surface area contributed by atoms with Crippen molar-refractivity contribution in [2.75, 3.05) is 52.5 Å². The van der Waals surface area contributed by atoms with Gasteiger partial charge >= 0.3 is 0 Å². The normalized spacial score (nSPS) is 16.2. The first kappa shape index (κ1) is 25.7. The lowest BCUT2D eigenvalue weighted by molar-refractivity contribution is 0.104. The first-order chi connectivity index (χ1) is 19.2. The van der Waals surface area contributed by atoms with Crippen LogP contribution in [0.25, 0.3) is 22.3 Å². The number of furan rings is 1. The van der Waals surface area contributed by atoms with Gasteiger partial charge in [-0.25, -0.2) is 0 Å². The fourth-order valence-corrected chi connectivity index (χ4v) is 5.62. The second-order valence-corrected chi connectivity index (χ2v) is 10.5. The molecule has 0 bridgehead atoms. The third-order valence-corrected chi connectivity index (χ3v) is 7.81. The Balaban J connectivity index is 1.17. The first-order valence-corrected chi connectivity index (χ1v) is 14.2. The van der Waals surface area contributed by atoms with E-state index in [-0.39, 0.29) is 5.78 Å². The summed E-state index contributed by atoms with van der Waals surface area (Å²) >= 11 is 0. The van der Waals surface area contributed by atoms with Crippen LogP contribution in [0.1, 0.15) is 41.6 Å². The summed E-state index contributed by atoms with van der Waals surface area (Å²) in [6.45, 7) is 7.87. The zero-order valence-electron chi connectivity index (χ0n) is 22.4. The summed E-state index contributed by atoms with van der Waals surface area (Å²) in [5.74, 6) is 2.12. The summed E-state index contributed by atoms with van der Waals surface area (Å²) in [7, 11) is 0. The summed E-state index contributed by atoms with van der Waals surface area (Å²) in [5.41, 5.74) is 2.74. The van der Waals surface area contributed by atoms with Crippen molar-refractivity contribution < 1.29 is 18.7 Å². The summed E-state index contributed by atoms with van der Waals surface area (Å²) in [4.78, 5) is 18.7. The van der Waals surface area contributed by atoms with Crippen LogP contribution in [-0.2, 0) is 0 Å². The second-order valence-electron chi connectivity index (χ2n) is 10.5. The number of rotatable bonds is 11. The molecule has 6 rings (SSSR count). The Bertz CT molecular complexity index is 1380. The standard InChI is InChI=1S/C33H36N2O4/c36-32(25-9-13-27(14-10-25)37-23-21-34-17-3-4-18-34)31-29-7-1-2-8-30(29)39-33(31)26-11-15-28(16-12-26)38-24-22-35-19-5-6-20-35/h1-2,7-16H,3-6,17-24H2. The number of likely N-dealkylation sites (tertiary alicyclic amines) is 2. The van der Waals surface area contributed by atoms with Crippen LogP contribution in [0, 0.1) is 0 Å². The number of carbonyl (C=O) groups is 1.